The van der Waals surface area contributed by atoms with Gasteiger partial charge in [-0.3, -0.25) is 19.6 Å². The van der Waals surface area contributed by atoms with E-state index < -0.39 is 0 Å². The maximum absolute atomic E-state index is 13.1. The molecule has 10 heteroatoms. The highest BCUT2D eigenvalue weighted by Gasteiger charge is 2.28. The number of amides is 2. The van der Waals surface area contributed by atoms with Crippen LogP contribution >= 0.6 is 0 Å². The number of anilines is 2. The lowest BCUT2D eigenvalue weighted by Gasteiger charge is -2.24. The van der Waals surface area contributed by atoms with Crippen LogP contribution in [0.4, 0.5) is 11.4 Å². The molecular formula is C43H42N4O6. The minimum atomic E-state index is -0.145. The van der Waals surface area contributed by atoms with Crippen molar-refractivity contribution in [2.45, 2.75) is 20.4 Å². The number of hydrogen-bond donors (Lipinski definition) is 1. The first-order chi connectivity index (χ1) is 25.9. The second kappa shape index (κ2) is 17.2. The summed E-state index contributed by atoms with van der Waals surface area (Å²) in [7, 11) is 3.20. The van der Waals surface area contributed by atoms with Crippen LogP contribution in [-0.4, -0.2) is 63.8 Å². The normalized spacial score (nSPS) is 13.4. The second-order valence-electron chi connectivity index (χ2n) is 12.0. The lowest BCUT2D eigenvalue weighted by atomic mass is 9.99. The van der Waals surface area contributed by atoms with Gasteiger partial charge in [0.25, 0.3) is 0 Å². The summed E-state index contributed by atoms with van der Waals surface area (Å²) >= 11 is 0. The number of rotatable bonds is 10. The molecule has 0 radical (unpaired) electrons. The van der Waals surface area contributed by atoms with Crippen molar-refractivity contribution in [2.24, 2.45) is 9.98 Å². The Morgan fingerprint density at radius 1 is 0.623 bits per heavy atom. The van der Waals surface area contributed by atoms with E-state index in [9.17, 15) is 9.59 Å². The summed E-state index contributed by atoms with van der Waals surface area (Å²) in [5.74, 6) is 2.24. The van der Waals surface area contributed by atoms with E-state index in [1.54, 1.807) is 19.1 Å². The first-order valence-corrected chi connectivity index (χ1v) is 17.5. The van der Waals surface area contributed by atoms with Crippen molar-refractivity contribution in [2.75, 3.05) is 50.7 Å². The molecule has 0 unspecified atom stereocenters. The maximum Gasteiger partial charge on any atom is 0.248 e. The number of methoxy groups -OCH3 is 2. The van der Waals surface area contributed by atoms with Crippen molar-refractivity contribution >= 4 is 34.6 Å². The lowest BCUT2D eigenvalue weighted by Crippen LogP contribution is -2.32. The van der Waals surface area contributed by atoms with Crippen LogP contribution in [0.15, 0.2) is 125 Å². The quantitative estimate of drug-likeness (QED) is 0.162. The molecule has 0 spiro atoms. The first kappa shape index (κ1) is 36.4. The van der Waals surface area contributed by atoms with Gasteiger partial charge in [0.15, 0.2) is 23.0 Å². The number of nitrogens with zero attached hydrogens (tertiary/aromatic N) is 3. The number of fused-ring (bicyclic) bond motifs is 2. The Morgan fingerprint density at radius 2 is 1.13 bits per heavy atom. The van der Waals surface area contributed by atoms with Crippen molar-refractivity contribution in [1.82, 2.24) is 0 Å². The molecule has 0 saturated heterocycles. The van der Waals surface area contributed by atoms with Gasteiger partial charge in [-0.15, -0.1) is 0 Å². The Balaban J connectivity index is 0.000000185. The molecule has 1 N–H and O–H groups in total. The van der Waals surface area contributed by atoms with Gasteiger partial charge in [-0.1, -0.05) is 91.0 Å². The Bertz CT molecular complexity index is 2120. The highest BCUT2D eigenvalue weighted by molar-refractivity contribution is 6.20. The summed E-state index contributed by atoms with van der Waals surface area (Å²) in [5, 5.41) is 2.90. The molecule has 2 aliphatic rings. The van der Waals surface area contributed by atoms with Gasteiger partial charge in [-0.2, -0.15) is 0 Å². The smallest absolute Gasteiger partial charge is 0.248 e. The van der Waals surface area contributed by atoms with Crippen molar-refractivity contribution in [1.29, 1.82) is 0 Å². The molecule has 5 aromatic carbocycles. The molecular weight excluding hydrogens is 668 g/mol. The number of ether oxygens (including phenoxy) is 4. The highest BCUT2D eigenvalue weighted by Crippen LogP contribution is 2.39. The average molecular weight is 711 g/mol. The van der Waals surface area contributed by atoms with Gasteiger partial charge in [0.2, 0.25) is 11.8 Å². The van der Waals surface area contributed by atoms with Gasteiger partial charge in [-0.05, 0) is 31.5 Å². The molecule has 270 valence electrons. The van der Waals surface area contributed by atoms with Crippen molar-refractivity contribution in [3.63, 3.8) is 0 Å². The molecule has 2 aliphatic heterocycles. The summed E-state index contributed by atoms with van der Waals surface area (Å²) in [4.78, 5) is 36.0. The number of aliphatic imine (C=N–C) groups is 2. The Hall–Kier alpha value is -6.42. The second-order valence-corrected chi connectivity index (χ2v) is 12.0. The number of nitrogens with one attached hydrogen (secondary N) is 1. The number of benzene rings is 5. The summed E-state index contributed by atoms with van der Waals surface area (Å²) < 4.78 is 22.4. The van der Waals surface area contributed by atoms with E-state index in [4.69, 9.17) is 18.9 Å². The van der Waals surface area contributed by atoms with E-state index >= 15 is 0 Å². The van der Waals surface area contributed by atoms with Crippen LogP contribution in [0, 0.1) is 0 Å². The molecule has 10 nitrogen and oxygen atoms in total. The van der Waals surface area contributed by atoms with E-state index in [0.717, 1.165) is 44.9 Å². The zero-order valence-corrected chi connectivity index (χ0v) is 30.3. The molecule has 0 aliphatic carbocycles. The SMILES string of the molecule is CCOc1cc2c(cc1OCC)C(c1ccccc1)=NCC(=O)N2.COc1cc2c(cc1OC)N(Cc1ccccc1)C(=O)CN=C2c1ccccc1. The van der Waals surface area contributed by atoms with Crippen LogP contribution in [0.25, 0.3) is 0 Å². The fourth-order valence-electron chi connectivity index (χ4n) is 6.18. The Morgan fingerprint density at radius 3 is 1.72 bits per heavy atom. The van der Waals surface area contributed by atoms with E-state index in [2.05, 4.69) is 15.3 Å². The van der Waals surface area contributed by atoms with Crippen LogP contribution in [0.2, 0.25) is 0 Å². The maximum atomic E-state index is 13.1. The molecule has 2 heterocycles. The molecule has 5 aromatic rings. The third-order valence-electron chi connectivity index (χ3n) is 8.59. The molecule has 0 bridgehead atoms. The van der Waals surface area contributed by atoms with Gasteiger partial charge in [0.05, 0.1) is 56.8 Å². The zero-order valence-electron chi connectivity index (χ0n) is 30.3. The van der Waals surface area contributed by atoms with Crippen LogP contribution in [0.1, 0.15) is 41.7 Å². The predicted octanol–water partition coefficient (Wildman–Crippen LogP) is 7.36. The average Bonchev–Trinajstić information content (AvgIpc) is 3.43. The molecule has 0 atom stereocenters. The minimum absolute atomic E-state index is 0.0618. The van der Waals surface area contributed by atoms with Gasteiger partial charge in [0.1, 0.15) is 13.1 Å². The molecule has 2 amide bonds. The van der Waals surface area contributed by atoms with E-state index in [1.807, 2.05) is 129 Å². The summed E-state index contributed by atoms with van der Waals surface area (Å²) in [6.07, 6.45) is 0. The van der Waals surface area contributed by atoms with E-state index in [1.165, 1.54) is 0 Å². The molecule has 0 fully saturated rings. The standard InChI is InChI=1S/C24H22N2O3.C19H20N2O3/c1-28-21-13-19-20(14-22(21)29-2)26(16-17-9-5-3-6-10-17)23(27)15-25-24(19)18-11-7-4-8-12-18;1-3-23-16-10-14-15(11-17(16)24-4-2)21-18(22)12-20-19(14)13-8-6-5-7-9-13/h3-14H,15-16H2,1-2H3;5-11H,3-4,12H2,1-2H3,(H,21,22). The monoisotopic (exact) mass is 710 g/mol. The topological polar surface area (TPSA) is 111 Å². The van der Waals surface area contributed by atoms with E-state index in [-0.39, 0.29) is 24.9 Å². The molecule has 7 rings (SSSR count). The third-order valence-corrected chi connectivity index (χ3v) is 8.59. The number of carbonyl (C=O) groups is 2. The largest absolute Gasteiger partial charge is 0.493 e. The lowest BCUT2D eigenvalue weighted by molar-refractivity contribution is -0.117. The first-order valence-electron chi connectivity index (χ1n) is 17.5. The molecule has 0 saturated carbocycles. The minimum Gasteiger partial charge on any atom is -0.493 e. The fourth-order valence-corrected chi connectivity index (χ4v) is 6.18. The van der Waals surface area contributed by atoms with Crippen molar-refractivity contribution < 1.29 is 28.5 Å². The number of benzodiazepines with no additional fused rings is 2. The van der Waals surface area contributed by atoms with Crippen LogP contribution in [0.5, 0.6) is 23.0 Å². The van der Waals surface area contributed by atoms with Crippen LogP contribution < -0.4 is 29.2 Å². The van der Waals surface area contributed by atoms with Gasteiger partial charge >= 0.3 is 0 Å². The van der Waals surface area contributed by atoms with Crippen LogP contribution in [0.3, 0.4) is 0 Å². The molecule has 53 heavy (non-hydrogen) atoms. The van der Waals surface area contributed by atoms with Gasteiger partial charge in [0, 0.05) is 34.4 Å². The third kappa shape index (κ3) is 8.39. The summed E-state index contributed by atoms with van der Waals surface area (Å²) in [6.45, 7) is 5.52. The summed E-state index contributed by atoms with van der Waals surface area (Å²) in [6, 6.07) is 37.1. The highest BCUT2D eigenvalue weighted by atomic mass is 16.5. The summed E-state index contributed by atoms with van der Waals surface area (Å²) in [5.41, 5.74) is 7.62. The Labute approximate surface area is 309 Å². The van der Waals surface area contributed by atoms with Crippen LogP contribution in [-0.2, 0) is 16.1 Å². The van der Waals surface area contributed by atoms with E-state index in [0.29, 0.717) is 48.4 Å². The fraction of sp³-hybridized carbons (Fsp3) is 0.209. The zero-order chi connectivity index (χ0) is 37.2. The van der Waals surface area contributed by atoms with Gasteiger partial charge in [-0.25, -0.2) is 0 Å². The number of carbonyl (C=O) groups excluding carboxylic acids is 2. The Kier molecular flexibility index (Phi) is 11.8. The van der Waals surface area contributed by atoms with Gasteiger partial charge < -0.3 is 29.2 Å². The molecule has 0 aromatic heterocycles. The van der Waals surface area contributed by atoms with Crippen molar-refractivity contribution in [3.05, 3.63) is 143 Å². The predicted molar refractivity (Wildman–Crippen MR) is 208 cm³/mol. The van der Waals surface area contributed by atoms with Crippen molar-refractivity contribution in [3.8, 4) is 23.0 Å². The number of hydrogen-bond acceptors (Lipinski definition) is 8.